The van der Waals surface area contributed by atoms with Gasteiger partial charge in [-0.25, -0.2) is 0 Å². The Morgan fingerprint density at radius 1 is 1.05 bits per heavy atom. The van der Waals surface area contributed by atoms with Crippen molar-refractivity contribution < 1.29 is 14.3 Å². The predicted octanol–water partition coefficient (Wildman–Crippen LogP) is 4.01. The van der Waals surface area contributed by atoms with Crippen molar-refractivity contribution in [2.75, 3.05) is 14.2 Å². The second kappa shape index (κ2) is 6.09. The van der Waals surface area contributed by atoms with E-state index in [2.05, 4.69) is 15.9 Å². The topological polar surface area (TPSA) is 35.5 Å². The zero-order valence-electron chi connectivity index (χ0n) is 11.6. The molecule has 2 rings (SSSR count). The molecule has 0 fully saturated rings. The molecular formula is C16H15BrO3. The van der Waals surface area contributed by atoms with Gasteiger partial charge in [0, 0.05) is 10.0 Å². The lowest BCUT2D eigenvalue weighted by Crippen LogP contribution is -2.07. The Bertz CT molecular complexity index is 628. The first-order valence-electron chi connectivity index (χ1n) is 6.10. The summed E-state index contributed by atoms with van der Waals surface area (Å²) in [5.74, 6) is 0.870. The zero-order valence-corrected chi connectivity index (χ0v) is 13.2. The van der Waals surface area contributed by atoms with Gasteiger partial charge in [-0.05, 0) is 36.8 Å². The maximum Gasteiger partial charge on any atom is 0.201 e. The van der Waals surface area contributed by atoms with Crippen LogP contribution in [0.2, 0.25) is 0 Å². The molecule has 0 unspecified atom stereocenters. The summed E-state index contributed by atoms with van der Waals surface area (Å²) in [6, 6.07) is 10.9. The van der Waals surface area contributed by atoms with Crippen LogP contribution >= 0.6 is 15.9 Å². The van der Waals surface area contributed by atoms with Crippen LogP contribution in [0.25, 0.3) is 0 Å². The summed E-state index contributed by atoms with van der Waals surface area (Å²) in [5.41, 5.74) is 2.10. The highest BCUT2D eigenvalue weighted by Gasteiger charge is 2.21. The SMILES string of the molecule is COc1cccc(OC)c1C(=O)c1ccc(C)cc1Br. The van der Waals surface area contributed by atoms with E-state index in [1.165, 1.54) is 14.2 Å². The molecule has 3 nitrogen and oxygen atoms in total. The first-order chi connectivity index (χ1) is 9.58. The summed E-state index contributed by atoms with van der Waals surface area (Å²) in [6.45, 7) is 1.97. The highest BCUT2D eigenvalue weighted by molar-refractivity contribution is 9.10. The number of hydrogen-bond donors (Lipinski definition) is 0. The van der Waals surface area contributed by atoms with E-state index in [4.69, 9.17) is 9.47 Å². The van der Waals surface area contributed by atoms with Gasteiger partial charge < -0.3 is 9.47 Å². The van der Waals surface area contributed by atoms with Crippen LogP contribution in [0.5, 0.6) is 11.5 Å². The molecule has 0 aliphatic rings. The smallest absolute Gasteiger partial charge is 0.201 e. The average molecular weight is 335 g/mol. The molecule has 0 aromatic heterocycles. The summed E-state index contributed by atoms with van der Waals surface area (Å²) in [5, 5.41) is 0. The average Bonchev–Trinajstić information content (AvgIpc) is 2.45. The Kier molecular flexibility index (Phi) is 4.45. The molecule has 4 heteroatoms. The van der Waals surface area contributed by atoms with Gasteiger partial charge in [0.05, 0.1) is 14.2 Å². The van der Waals surface area contributed by atoms with Gasteiger partial charge in [0.2, 0.25) is 5.78 Å². The monoisotopic (exact) mass is 334 g/mol. The van der Waals surface area contributed by atoms with E-state index in [9.17, 15) is 4.79 Å². The fraction of sp³-hybridized carbons (Fsp3) is 0.188. The Morgan fingerprint density at radius 3 is 2.15 bits per heavy atom. The van der Waals surface area contributed by atoms with E-state index in [1.54, 1.807) is 24.3 Å². The van der Waals surface area contributed by atoms with Gasteiger partial charge in [-0.3, -0.25) is 4.79 Å². The highest BCUT2D eigenvalue weighted by atomic mass is 79.9. The lowest BCUT2D eigenvalue weighted by Gasteiger charge is -2.13. The minimum Gasteiger partial charge on any atom is -0.496 e. The largest absolute Gasteiger partial charge is 0.496 e. The molecule has 0 amide bonds. The number of ether oxygens (including phenoxy) is 2. The molecule has 0 saturated carbocycles. The van der Waals surface area contributed by atoms with E-state index in [0.29, 0.717) is 22.6 Å². The van der Waals surface area contributed by atoms with Gasteiger partial charge in [0.15, 0.2) is 0 Å². The molecule has 0 aliphatic carbocycles. The molecule has 0 aliphatic heterocycles. The quantitative estimate of drug-likeness (QED) is 0.792. The molecule has 0 N–H and O–H groups in total. The second-order valence-corrected chi connectivity index (χ2v) is 5.20. The van der Waals surface area contributed by atoms with Crippen molar-refractivity contribution in [3.8, 4) is 11.5 Å². The van der Waals surface area contributed by atoms with Crippen molar-refractivity contribution in [1.29, 1.82) is 0 Å². The zero-order chi connectivity index (χ0) is 14.7. The van der Waals surface area contributed by atoms with E-state index in [1.807, 2.05) is 19.1 Å². The number of benzene rings is 2. The molecule has 0 saturated heterocycles. The fourth-order valence-electron chi connectivity index (χ4n) is 2.01. The van der Waals surface area contributed by atoms with E-state index >= 15 is 0 Å². The first kappa shape index (κ1) is 14.6. The van der Waals surface area contributed by atoms with Crippen LogP contribution < -0.4 is 9.47 Å². The number of rotatable bonds is 4. The van der Waals surface area contributed by atoms with Gasteiger partial charge in [-0.2, -0.15) is 0 Å². The number of halogens is 1. The summed E-state index contributed by atoms with van der Waals surface area (Å²) >= 11 is 3.44. The minimum absolute atomic E-state index is 0.133. The predicted molar refractivity (Wildman–Crippen MR) is 81.9 cm³/mol. The number of carbonyl (C=O) groups is 1. The van der Waals surface area contributed by atoms with Crippen molar-refractivity contribution in [1.82, 2.24) is 0 Å². The molecule has 0 atom stereocenters. The van der Waals surface area contributed by atoms with Crippen LogP contribution in [0.1, 0.15) is 21.5 Å². The van der Waals surface area contributed by atoms with E-state index in [-0.39, 0.29) is 5.78 Å². The summed E-state index contributed by atoms with van der Waals surface area (Å²) in [6.07, 6.45) is 0. The van der Waals surface area contributed by atoms with Crippen LogP contribution in [-0.4, -0.2) is 20.0 Å². The van der Waals surface area contributed by atoms with Crippen molar-refractivity contribution in [3.63, 3.8) is 0 Å². The molecule has 0 heterocycles. The van der Waals surface area contributed by atoms with Gasteiger partial charge in [0.1, 0.15) is 17.1 Å². The second-order valence-electron chi connectivity index (χ2n) is 4.35. The molecule has 0 spiro atoms. The van der Waals surface area contributed by atoms with Crippen LogP contribution in [0.15, 0.2) is 40.9 Å². The van der Waals surface area contributed by atoms with Gasteiger partial charge in [-0.1, -0.05) is 28.1 Å². The lowest BCUT2D eigenvalue weighted by molar-refractivity contribution is 0.103. The third kappa shape index (κ3) is 2.70. The number of hydrogen-bond acceptors (Lipinski definition) is 3. The first-order valence-corrected chi connectivity index (χ1v) is 6.89. The Morgan fingerprint density at radius 2 is 1.65 bits per heavy atom. The molecule has 0 radical (unpaired) electrons. The summed E-state index contributed by atoms with van der Waals surface area (Å²) in [4.78, 5) is 12.7. The molecule has 2 aromatic rings. The van der Waals surface area contributed by atoms with Crippen LogP contribution in [-0.2, 0) is 0 Å². The van der Waals surface area contributed by atoms with Gasteiger partial charge >= 0.3 is 0 Å². The van der Waals surface area contributed by atoms with Gasteiger partial charge in [0.25, 0.3) is 0 Å². The number of carbonyl (C=O) groups excluding carboxylic acids is 1. The fourth-order valence-corrected chi connectivity index (χ4v) is 2.69. The highest BCUT2D eigenvalue weighted by Crippen LogP contribution is 2.32. The van der Waals surface area contributed by atoms with Crippen LogP contribution in [0.4, 0.5) is 0 Å². The maximum atomic E-state index is 12.7. The summed E-state index contributed by atoms with van der Waals surface area (Å²) < 4.78 is 11.3. The Balaban J connectivity index is 2.58. The summed E-state index contributed by atoms with van der Waals surface area (Å²) in [7, 11) is 3.07. The van der Waals surface area contributed by atoms with Crippen molar-refractivity contribution in [3.05, 3.63) is 57.6 Å². The third-order valence-electron chi connectivity index (χ3n) is 3.02. The molecule has 2 aromatic carbocycles. The van der Waals surface area contributed by atoms with Crippen molar-refractivity contribution >= 4 is 21.7 Å². The number of methoxy groups -OCH3 is 2. The normalized spacial score (nSPS) is 10.2. The van der Waals surface area contributed by atoms with Crippen LogP contribution in [0, 0.1) is 6.92 Å². The lowest BCUT2D eigenvalue weighted by atomic mass is 10.0. The maximum absolute atomic E-state index is 12.7. The van der Waals surface area contributed by atoms with Crippen molar-refractivity contribution in [2.45, 2.75) is 6.92 Å². The van der Waals surface area contributed by atoms with E-state index in [0.717, 1.165) is 10.0 Å². The Hall–Kier alpha value is -1.81. The molecule has 104 valence electrons. The number of aryl methyl sites for hydroxylation is 1. The van der Waals surface area contributed by atoms with Gasteiger partial charge in [-0.15, -0.1) is 0 Å². The minimum atomic E-state index is -0.133. The number of ketones is 1. The molecule has 0 bridgehead atoms. The van der Waals surface area contributed by atoms with Crippen molar-refractivity contribution in [2.24, 2.45) is 0 Å². The molecular weight excluding hydrogens is 320 g/mol. The molecule has 20 heavy (non-hydrogen) atoms. The Labute approximate surface area is 126 Å². The third-order valence-corrected chi connectivity index (χ3v) is 3.68. The standard InChI is InChI=1S/C16H15BrO3/c1-10-7-8-11(12(17)9-10)16(18)15-13(19-2)5-4-6-14(15)20-3/h4-9H,1-3H3. The van der Waals surface area contributed by atoms with E-state index < -0.39 is 0 Å². The van der Waals surface area contributed by atoms with Crippen LogP contribution in [0.3, 0.4) is 0 Å².